The lowest BCUT2D eigenvalue weighted by Crippen LogP contribution is -2.60. The van der Waals surface area contributed by atoms with Gasteiger partial charge in [-0.1, -0.05) is 12.7 Å². The van der Waals surface area contributed by atoms with Gasteiger partial charge in [-0.15, -0.1) is 0 Å². The fourth-order valence-corrected chi connectivity index (χ4v) is 3.94. The van der Waals surface area contributed by atoms with Crippen molar-refractivity contribution in [3.05, 3.63) is 35.0 Å². The number of hydrogen-bond donors (Lipinski definition) is 3. The summed E-state index contributed by atoms with van der Waals surface area (Å²) >= 11 is 0. The van der Waals surface area contributed by atoms with Crippen LogP contribution in [0.5, 0.6) is 0 Å². The Morgan fingerprint density at radius 3 is 2.38 bits per heavy atom. The van der Waals surface area contributed by atoms with Gasteiger partial charge in [0.2, 0.25) is 5.91 Å². The maximum absolute atomic E-state index is 12.6. The molecule has 4 N–H and O–H groups in total. The largest absolute Gasteiger partial charge is 0.507 e. The second-order valence-electron chi connectivity index (χ2n) is 4.62. The number of primary amides is 1. The molecule has 0 spiro atoms. The number of amides is 2. The molecule has 0 aliphatic carbocycles. The van der Waals surface area contributed by atoms with Crippen LogP contribution >= 0.6 is 0 Å². The SMILES string of the molecule is C=C(/C=C(\O)C1=CCS1(C)(=O)NC(=O)C(F)(F)F)C(N)=O. The van der Waals surface area contributed by atoms with E-state index in [1.807, 2.05) is 0 Å². The first kappa shape index (κ1) is 17.0. The minimum atomic E-state index is -5.21. The van der Waals surface area contributed by atoms with Crippen molar-refractivity contribution in [3.8, 4) is 0 Å². The lowest BCUT2D eigenvalue weighted by Gasteiger charge is -2.46. The Labute approximate surface area is 117 Å². The number of nitrogens with one attached hydrogen (secondary N) is 1. The molecule has 0 atom stereocenters. The molecule has 1 rings (SSSR count). The van der Waals surface area contributed by atoms with Crippen LogP contribution in [0.4, 0.5) is 13.2 Å². The second kappa shape index (κ2) is 4.72. The van der Waals surface area contributed by atoms with Gasteiger partial charge in [0.05, 0.1) is 4.91 Å². The minimum absolute atomic E-state index is 0.336. The number of carbonyl (C=O) groups is 2. The summed E-state index contributed by atoms with van der Waals surface area (Å²) in [5.74, 6) is -4.46. The van der Waals surface area contributed by atoms with Crippen LogP contribution in [0.1, 0.15) is 0 Å². The van der Waals surface area contributed by atoms with Gasteiger partial charge in [-0.25, -0.2) is 0 Å². The van der Waals surface area contributed by atoms with Gasteiger partial charge in [0.15, 0.2) is 0 Å². The molecule has 0 radical (unpaired) electrons. The van der Waals surface area contributed by atoms with E-state index in [2.05, 4.69) is 6.58 Å². The van der Waals surface area contributed by atoms with Crippen LogP contribution in [0.15, 0.2) is 35.0 Å². The highest BCUT2D eigenvalue weighted by atomic mass is 32.3. The molecule has 21 heavy (non-hydrogen) atoms. The molecule has 10 heteroatoms. The molecule has 1 heterocycles. The van der Waals surface area contributed by atoms with E-state index in [1.165, 1.54) is 10.8 Å². The van der Waals surface area contributed by atoms with Gasteiger partial charge >= 0.3 is 12.1 Å². The molecule has 0 aromatic heterocycles. The summed E-state index contributed by atoms with van der Waals surface area (Å²) < 4.78 is 50.7. The molecule has 0 fully saturated rings. The first-order valence-electron chi connectivity index (χ1n) is 5.39. The van der Waals surface area contributed by atoms with Gasteiger partial charge in [0.1, 0.15) is 5.76 Å². The number of carbonyl (C=O) groups excluding carboxylic acids is 2. The molecule has 0 saturated heterocycles. The topological polar surface area (TPSA) is 109 Å². The Morgan fingerprint density at radius 2 is 2.05 bits per heavy atom. The normalized spacial score (nSPS) is 22.0. The van der Waals surface area contributed by atoms with Crippen LogP contribution in [0, 0.1) is 0 Å². The highest BCUT2D eigenvalue weighted by molar-refractivity contribution is 8.22. The zero-order chi connectivity index (χ0) is 16.7. The fraction of sp³-hybridized carbons (Fsp3) is 0.273. The zero-order valence-electron chi connectivity index (χ0n) is 10.9. The van der Waals surface area contributed by atoms with Crippen LogP contribution in [0.3, 0.4) is 0 Å². The highest BCUT2D eigenvalue weighted by Crippen LogP contribution is 2.41. The molecular weight excluding hydrogens is 313 g/mol. The molecule has 2 amide bonds. The summed E-state index contributed by atoms with van der Waals surface area (Å²) in [7, 11) is -4.39. The van der Waals surface area contributed by atoms with Gasteiger partial charge in [-0.05, 0) is 15.3 Å². The van der Waals surface area contributed by atoms with Crippen LogP contribution < -0.4 is 10.5 Å². The third kappa shape index (κ3) is 3.32. The molecule has 0 aromatic rings. The predicted octanol–water partition coefficient (Wildman–Crippen LogP) is 0.411. The molecule has 0 saturated carbocycles. The standard InChI is InChI=1S/C11H13F3N2O4S/c1-6(9(15)18)5-7(17)8-3-4-21(8,2,20)16-10(19)11(12,13)14/h3,5,17H,1,4H2,2H3,(H2,15,18)(H,16,19,20)/b7-5-. The van der Waals surface area contributed by atoms with Gasteiger partial charge in [-0.2, -0.15) is 13.2 Å². The number of aliphatic hydroxyl groups is 1. The zero-order valence-corrected chi connectivity index (χ0v) is 11.7. The summed E-state index contributed by atoms with van der Waals surface area (Å²) in [6, 6.07) is 0. The Balaban J connectivity index is 3.09. The summed E-state index contributed by atoms with van der Waals surface area (Å²) in [4.78, 5) is 21.3. The summed E-state index contributed by atoms with van der Waals surface area (Å²) in [5, 5.41) is 9.72. The van der Waals surface area contributed by atoms with E-state index in [4.69, 9.17) is 5.73 Å². The third-order valence-corrected chi connectivity index (χ3v) is 5.96. The van der Waals surface area contributed by atoms with E-state index < -0.39 is 37.9 Å². The molecule has 1 aliphatic rings. The quantitative estimate of drug-likeness (QED) is 0.395. The molecule has 0 unspecified atom stereocenters. The van der Waals surface area contributed by atoms with E-state index in [-0.39, 0.29) is 11.3 Å². The number of alkyl halides is 3. The van der Waals surface area contributed by atoms with Crippen LogP contribution in [0.2, 0.25) is 0 Å². The first-order valence-corrected chi connectivity index (χ1v) is 7.93. The van der Waals surface area contributed by atoms with Gasteiger partial charge < -0.3 is 10.8 Å². The monoisotopic (exact) mass is 326 g/mol. The molecule has 6 nitrogen and oxygen atoms in total. The van der Waals surface area contributed by atoms with Crippen molar-refractivity contribution in [1.82, 2.24) is 4.72 Å². The maximum atomic E-state index is 12.6. The third-order valence-electron chi connectivity index (χ3n) is 2.74. The average molecular weight is 326 g/mol. The van der Waals surface area contributed by atoms with Crippen molar-refractivity contribution in [2.75, 3.05) is 12.0 Å². The van der Waals surface area contributed by atoms with Crippen LogP contribution in [-0.4, -0.2) is 39.3 Å². The van der Waals surface area contributed by atoms with Gasteiger partial charge in [0.25, 0.3) is 0 Å². The average Bonchev–Trinajstić information content (AvgIpc) is 2.25. The van der Waals surface area contributed by atoms with Gasteiger partial charge in [0, 0.05) is 17.6 Å². The Bertz CT molecular complexity index is 663. The molecular formula is C11H13F3N2O4S. The number of rotatable bonds is 4. The Kier molecular flexibility index (Phi) is 3.81. The van der Waals surface area contributed by atoms with Crippen molar-refractivity contribution in [1.29, 1.82) is 0 Å². The molecule has 118 valence electrons. The second-order valence-corrected chi connectivity index (χ2v) is 8.68. The molecule has 1 aliphatic heterocycles. The summed E-state index contributed by atoms with van der Waals surface area (Å²) in [5.41, 5.74) is 4.54. The maximum Gasteiger partial charge on any atom is 0.472 e. The predicted molar refractivity (Wildman–Crippen MR) is 70.3 cm³/mol. The van der Waals surface area contributed by atoms with Gasteiger partial charge in [-0.3, -0.25) is 18.5 Å². The van der Waals surface area contributed by atoms with E-state index in [0.29, 0.717) is 0 Å². The van der Waals surface area contributed by atoms with Crippen LogP contribution in [0.25, 0.3) is 0 Å². The van der Waals surface area contributed by atoms with Crippen molar-refractivity contribution in [2.45, 2.75) is 6.18 Å². The van der Waals surface area contributed by atoms with E-state index in [9.17, 15) is 32.1 Å². The smallest absolute Gasteiger partial charge is 0.472 e. The van der Waals surface area contributed by atoms with Crippen molar-refractivity contribution < 1.29 is 32.1 Å². The molecule has 0 aromatic carbocycles. The fourth-order valence-electron chi connectivity index (χ4n) is 1.57. The number of halogens is 3. The van der Waals surface area contributed by atoms with Crippen LogP contribution in [-0.2, 0) is 18.8 Å². The van der Waals surface area contributed by atoms with E-state index >= 15 is 0 Å². The first-order chi connectivity index (χ1) is 9.26. The highest BCUT2D eigenvalue weighted by Gasteiger charge is 2.50. The lowest BCUT2D eigenvalue weighted by molar-refractivity contribution is -0.171. The van der Waals surface area contributed by atoms with Crippen molar-refractivity contribution in [3.63, 3.8) is 0 Å². The van der Waals surface area contributed by atoms with Crippen molar-refractivity contribution >= 4 is 21.1 Å². The summed E-state index contributed by atoms with van der Waals surface area (Å²) in [6.07, 6.45) is -2.38. The van der Waals surface area contributed by atoms with Crippen molar-refractivity contribution in [2.24, 2.45) is 5.73 Å². The number of aliphatic hydroxyl groups excluding tert-OH is 1. The minimum Gasteiger partial charge on any atom is -0.507 e. The van der Waals surface area contributed by atoms with E-state index in [0.717, 1.165) is 12.3 Å². The number of hydrogen-bond acceptors (Lipinski definition) is 4. The number of nitrogens with two attached hydrogens (primary N) is 1. The Hall–Kier alpha value is -2.10. The molecule has 0 bridgehead atoms. The summed E-state index contributed by atoms with van der Waals surface area (Å²) in [6.45, 7) is 3.21. The lowest BCUT2D eigenvalue weighted by atomic mass is 10.2. The van der Waals surface area contributed by atoms with E-state index in [1.54, 1.807) is 0 Å². The Morgan fingerprint density at radius 1 is 1.52 bits per heavy atom.